The van der Waals surface area contributed by atoms with Crippen molar-refractivity contribution in [2.75, 3.05) is 29.0 Å². The van der Waals surface area contributed by atoms with Crippen LogP contribution in [-0.2, 0) is 11.2 Å². The van der Waals surface area contributed by atoms with Crippen molar-refractivity contribution >= 4 is 34.7 Å². The molecule has 0 bridgehead atoms. The van der Waals surface area contributed by atoms with Crippen LogP contribution in [0, 0.1) is 0 Å². The molecular formula is C20H27ClN6O. The molecule has 2 heterocycles. The van der Waals surface area contributed by atoms with E-state index in [1.165, 1.54) is 0 Å². The second-order valence-electron chi connectivity index (χ2n) is 7.19. The Morgan fingerprint density at radius 2 is 2.21 bits per heavy atom. The van der Waals surface area contributed by atoms with E-state index in [2.05, 4.69) is 32.4 Å². The van der Waals surface area contributed by atoms with Crippen LogP contribution >= 0.6 is 11.6 Å². The van der Waals surface area contributed by atoms with E-state index in [1.807, 2.05) is 18.2 Å². The lowest BCUT2D eigenvalue weighted by atomic mass is 10.1. The van der Waals surface area contributed by atoms with E-state index in [0.717, 1.165) is 49.6 Å². The highest BCUT2D eigenvalue weighted by molar-refractivity contribution is 6.33. The van der Waals surface area contributed by atoms with E-state index in [0.29, 0.717) is 10.7 Å². The van der Waals surface area contributed by atoms with Crippen molar-refractivity contribution in [3.05, 3.63) is 41.3 Å². The largest absolute Gasteiger partial charge is 0.397 e. The molecule has 1 aromatic carbocycles. The summed E-state index contributed by atoms with van der Waals surface area (Å²) >= 11 is 6.00. The number of carbonyl (C=O) groups excluding carboxylic acids is 1. The Bertz CT molecular complexity index is 830. The summed E-state index contributed by atoms with van der Waals surface area (Å²) in [5, 5.41) is 7.04. The van der Waals surface area contributed by atoms with Crippen LogP contribution in [0.2, 0.25) is 5.02 Å². The van der Waals surface area contributed by atoms with Crippen LogP contribution in [0.15, 0.2) is 30.6 Å². The molecule has 1 aliphatic heterocycles. The molecule has 0 spiro atoms. The fourth-order valence-corrected chi connectivity index (χ4v) is 3.58. The molecule has 2 aromatic rings. The fraction of sp³-hybridized carbons (Fsp3) is 0.450. The van der Waals surface area contributed by atoms with Crippen molar-refractivity contribution in [1.29, 1.82) is 0 Å². The van der Waals surface area contributed by atoms with Gasteiger partial charge in [-0.1, -0.05) is 18.5 Å². The fourth-order valence-electron chi connectivity index (χ4n) is 3.46. The van der Waals surface area contributed by atoms with Crippen LogP contribution in [0.3, 0.4) is 0 Å². The summed E-state index contributed by atoms with van der Waals surface area (Å²) in [5.74, 6) is 0.915. The second kappa shape index (κ2) is 9.10. The molecule has 8 heteroatoms. The molecule has 28 heavy (non-hydrogen) atoms. The van der Waals surface area contributed by atoms with Crippen LogP contribution in [0.25, 0.3) is 0 Å². The van der Waals surface area contributed by atoms with Crippen LogP contribution < -0.4 is 21.3 Å². The average Bonchev–Trinajstić information content (AvgIpc) is 3.12. The van der Waals surface area contributed by atoms with E-state index in [4.69, 9.17) is 17.3 Å². The molecule has 1 fully saturated rings. The quantitative estimate of drug-likeness (QED) is 0.616. The minimum atomic E-state index is 0.00919. The van der Waals surface area contributed by atoms with E-state index in [-0.39, 0.29) is 18.0 Å². The van der Waals surface area contributed by atoms with Crippen molar-refractivity contribution in [2.24, 2.45) is 0 Å². The summed E-state index contributed by atoms with van der Waals surface area (Å²) in [6.45, 7) is 5.34. The van der Waals surface area contributed by atoms with Gasteiger partial charge >= 0.3 is 0 Å². The van der Waals surface area contributed by atoms with Gasteiger partial charge in [-0.3, -0.25) is 4.79 Å². The summed E-state index contributed by atoms with van der Waals surface area (Å²) in [6, 6.07) is 8.01. The van der Waals surface area contributed by atoms with Crippen LogP contribution in [0.4, 0.5) is 17.2 Å². The number of aromatic nitrogens is 2. The standard InChI is InChI=1S/C20H27ClN6O/c1-3-14(26-15-4-5-18(21)19(22)9-15)8-17-10-20(24-12-23-17)27-7-6-16(11-27)25-13(2)28/h4-5,9-10,12,14,16,26H,3,6-8,11,22H2,1-2H3,(H,25,28). The Balaban J connectivity index is 1.64. The van der Waals surface area contributed by atoms with Crippen LogP contribution in [0.5, 0.6) is 0 Å². The highest BCUT2D eigenvalue weighted by Gasteiger charge is 2.24. The maximum absolute atomic E-state index is 11.3. The summed E-state index contributed by atoms with van der Waals surface area (Å²) in [7, 11) is 0. The van der Waals surface area contributed by atoms with Gasteiger partial charge in [-0.2, -0.15) is 0 Å². The van der Waals surface area contributed by atoms with Crippen molar-refractivity contribution < 1.29 is 4.79 Å². The molecule has 1 amide bonds. The van der Waals surface area contributed by atoms with E-state index < -0.39 is 0 Å². The molecule has 7 nitrogen and oxygen atoms in total. The Hall–Kier alpha value is -2.54. The van der Waals surface area contributed by atoms with Gasteiger partial charge in [0.25, 0.3) is 0 Å². The molecule has 1 aromatic heterocycles. The lowest BCUT2D eigenvalue weighted by Crippen LogP contribution is -2.35. The first-order valence-corrected chi connectivity index (χ1v) is 9.97. The number of hydrogen-bond acceptors (Lipinski definition) is 6. The Morgan fingerprint density at radius 1 is 1.39 bits per heavy atom. The molecule has 0 aliphatic carbocycles. The number of nitrogens with one attached hydrogen (secondary N) is 2. The first kappa shape index (κ1) is 20.2. The van der Waals surface area contributed by atoms with Gasteiger partial charge < -0.3 is 21.3 Å². The number of hydrogen-bond donors (Lipinski definition) is 3. The maximum Gasteiger partial charge on any atom is 0.217 e. The molecule has 1 aliphatic rings. The Labute approximate surface area is 170 Å². The molecule has 2 unspecified atom stereocenters. The number of rotatable bonds is 7. The van der Waals surface area contributed by atoms with Gasteiger partial charge in [0.2, 0.25) is 5.91 Å². The Kier molecular flexibility index (Phi) is 6.57. The van der Waals surface area contributed by atoms with E-state index >= 15 is 0 Å². The summed E-state index contributed by atoms with van der Waals surface area (Å²) in [6.07, 6.45) is 4.26. The molecule has 1 saturated heterocycles. The zero-order chi connectivity index (χ0) is 20.1. The van der Waals surface area contributed by atoms with Gasteiger partial charge in [0.05, 0.1) is 10.7 Å². The van der Waals surface area contributed by atoms with Gasteiger partial charge in [0.1, 0.15) is 12.1 Å². The smallest absolute Gasteiger partial charge is 0.217 e. The minimum absolute atomic E-state index is 0.00919. The number of nitrogens with zero attached hydrogens (tertiary/aromatic N) is 3. The lowest BCUT2D eigenvalue weighted by molar-refractivity contribution is -0.119. The van der Waals surface area contributed by atoms with Crippen LogP contribution in [-0.4, -0.2) is 41.0 Å². The first-order valence-electron chi connectivity index (χ1n) is 9.59. The normalized spacial score (nSPS) is 17.4. The number of carbonyl (C=O) groups is 1. The van der Waals surface area contributed by atoms with Crippen molar-refractivity contribution in [1.82, 2.24) is 15.3 Å². The number of anilines is 3. The van der Waals surface area contributed by atoms with Gasteiger partial charge in [0, 0.05) is 56.0 Å². The molecule has 2 atom stereocenters. The minimum Gasteiger partial charge on any atom is -0.397 e. The van der Waals surface area contributed by atoms with Crippen LogP contribution in [0.1, 0.15) is 32.4 Å². The van der Waals surface area contributed by atoms with Crippen molar-refractivity contribution in [3.63, 3.8) is 0 Å². The van der Waals surface area contributed by atoms with Gasteiger partial charge in [0.15, 0.2) is 0 Å². The highest BCUT2D eigenvalue weighted by Crippen LogP contribution is 2.24. The molecule has 0 radical (unpaired) electrons. The van der Waals surface area contributed by atoms with E-state index in [9.17, 15) is 4.79 Å². The number of nitrogen functional groups attached to an aromatic ring is 1. The Morgan fingerprint density at radius 3 is 2.93 bits per heavy atom. The maximum atomic E-state index is 11.3. The number of benzene rings is 1. The average molecular weight is 403 g/mol. The zero-order valence-corrected chi connectivity index (χ0v) is 17.0. The predicted molar refractivity (Wildman–Crippen MR) is 114 cm³/mol. The first-order chi connectivity index (χ1) is 13.4. The van der Waals surface area contributed by atoms with E-state index in [1.54, 1.807) is 19.3 Å². The van der Waals surface area contributed by atoms with Gasteiger partial charge in [-0.05, 0) is 31.0 Å². The lowest BCUT2D eigenvalue weighted by Gasteiger charge is -2.21. The van der Waals surface area contributed by atoms with Crippen molar-refractivity contribution in [2.45, 2.75) is 45.2 Å². The monoisotopic (exact) mass is 402 g/mol. The number of nitrogens with two attached hydrogens (primary N) is 1. The number of halogens is 1. The van der Waals surface area contributed by atoms with Crippen molar-refractivity contribution in [3.8, 4) is 0 Å². The highest BCUT2D eigenvalue weighted by atomic mass is 35.5. The predicted octanol–water partition coefficient (Wildman–Crippen LogP) is 2.86. The SMILES string of the molecule is CCC(Cc1cc(N2CCC(NC(C)=O)C2)ncn1)Nc1ccc(Cl)c(N)c1. The second-order valence-corrected chi connectivity index (χ2v) is 7.60. The molecule has 3 rings (SSSR count). The van der Waals surface area contributed by atoms with Gasteiger partial charge in [-0.25, -0.2) is 9.97 Å². The molecule has 0 saturated carbocycles. The summed E-state index contributed by atoms with van der Waals surface area (Å²) in [5.41, 5.74) is 8.39. The summed E-state index contributed by atoms with van der Waals surface area (Å²) < 4.78 is 0. The number of amides is 1. The third-order valence-corrected chi connectivity index (χ3v) is 5.29. The molecule has 150 valence electrons. The third-order valence-electron chi connectivity index (χ3n) is 4.94. The van der Waals surface area contributed by atoms with Gasteiger partial charge in [-0.15, -0.1) is 0 Å². The topological polar surface area (TPSA) is 96.2 Å². The zero-order valence-electron chi connectivity index (χ0n) is 16.3. The third kappa shape index (κ3) is 5.25. The molecule has 4 N–H and O–H groups in total. The molecular weight excluding hydrogens is 376 g/mol. The summed E-state index contributed by atoms with van der Waals surface area (Å²) in [4.78, 5) is 22.3.